The number of methoxy groups -OCH3 is 1. The van der Waals surface area contributed by atoms with Crippen LogP contribution < -0.4 is 19.5 Å². The standard InChI is InChI=1S/C28H37FN2O7/c1-8-19(9-2)25(38-21-12-10-11-20(29)15-21)17(5)36-28(34)23(16(3)4)31-27(33)24-26(37-18(6)32)22(35-7)13-14-30-24/h10-17,19,23,25H,8-9H2,1-7H3,(H,31,33)/t17-,23-,25-/m0/s1. The number of ether oxygens (including phenoxy) is 4. The zero-order chi connectivity index (χ0) is 28.4. The van der Waals surface area contributed by atoms with Crippen molar-refractivity contribution in [3.63, 3.8) is 0 Å². The SMILES string of the molecule is CCC(CC)[C@@H](Oc1cccc(F)c1)[C@H](C)OC(=O)[C@@H](NC(=O)c1nccc(OC)c1OC(C)=O)C(C)C. The van der Waals surface area contributed by atoms with Gasteiger partial charge < -0.3 is 24.3 Å². The van der Waals surface area contributed by atoms with Crippen LogP contribution in [0.3, 0.4) is 0 Å². The van der Waals surface area contributed by atoms with Crippen LogP contribution in [0.4, 0.5) is 4.39 Å². The van der Waals surface area contributed by atoms with E-state index in [1.54, 1.807) is 32.9 Å². The number of esters is 2. The summed E-state index contributed by atoms with van der Waals surface area (Å²) in [7, 11) is 1.36. The predicted molar refractivity (Wildman–Crippen MR) is 139 cm³/mol. The lowest BCUT2D eigenvalue weighted by atomic mass is 9.93. The Kier molecular flexibility index (Phi) is 11.5. The number of halogens is 1. The third-order valence-electron chi connectivity index (χ3n) is 6.10. The molecule has 1 heterocycles. The number of nitrogens with one attached hydrogen (secondary N) is 1. The van der Waals surface area contributed by atoms with Crippen LogP contribution >= 0.6 is 0 Å². The van der Waals surface area contributed by atoms with Gasteiger partial charge in [0.2, 0.25) is 5.75 Å². The Morgan fingerprint density at radius 3 is 2.32 bits per heavy atom. The fraction of sp³-hybridized carbons (Fsp3) is 0.500. The molecular formula is C28H37FN2O7. The number of nitrogens with zero attached hydrogens (tertiary/aromatic N) is 1. The van der Waals surface area contributed by atoms with Crippen LogP contribution in [-0.2, 0) is 14.3 Å². The lowest BCUT2D eigenvalue weighted by molar-refractivity contribution is -0.158. The molecule has 1 N–H and O–H groups in total. The van der Waals surface area contributed by atoms with Crippen LogP contribution in [0.5, 0.6) is 17.2 Å². The maximum Gasteiger partial charge on any atom is 0.329 e. The molecule has 2 rings (SSSR count). The highest BCUT2D eigenvalue weighted by molar-refractivity contribution is 5.98. The highest BCUT2D eigenvalue weighted by Crippen LogP contribution is 2.30. The largest absolute Gasteiger partial charge is 0.493 e. The van der Waals surface area contributed by atoms with Crippen molar-refractivity contribution in [1.29, 1.82) is 0 Å². The number of pyridine rings is 1. The van der Waals surface area contributed by atoms with Crippen molar-refractivity contribution in [2.75, 3.05) is 7.11 Å². The van der Waals surface area contributed by atoms with Gasteiger partial charge in [-0.25, -0.2) is 14.2 Å². The quantitative estimate of drug-likeness (QED) is 0.369. The van der Waals surface area contributed by atoms with E-state index in [0.717, 1.165) is 12.8 Å². The molecule has 208 valence electrons. The maximum atomic E-state index is 13.7. The zero-order valence-corrected chi connectivity index (χ0v) is 22.9. The number of hydrogen-bond acceptors (Lipinski definition) is 8. The van der Waals surface area contributed by atoms with E-state index >= 15 is 0 Å². The Bertz CT molecular complexity index is 1100. The van der Waals surface area contributed by atoms with Crippen molar-refractivity contribution >= 4 is 17.8 Å². The summed E-state index contributed by atoms with van der Waals surface area (Å²) < 4.78 is 36.0. The van der Waals surface area contributed by atoms with Gasteiger partial charge in [-0.3, -0.25) is 9.59 Å². The first-order chi connectivity index (χ1) is 18.0. The molecule has 0 saturated heterocycles. The second kappa shape index (κ2) is 14.3. The summed E-state index contributed by atoms with van der Waals surface area (Å²) in [6.45, 7) is 10.4. The third kappa shape index (κ3) is 8.16. The van der Waals surface area contributed by atoms with Gasteiger partial charge >= 0.3 is 11.9 Å². The fourth-order valence-electron chi connectivity index (χ4n) is 4.05. The summed E-state index contributed by atoms with van der Waals surface area (Å²) in [5, 5.41) is 2.64. The molecule has 0 radical (unpaired) electrons. The summed E-state index contributed by atoms with van der Waals surface area (Å²) in [5.41, 5.74) is -0.213. The Labute approximate surface area is 223 Å². The maximum absolute atomic E-state index is 13.7. The molecule has 0 aliphatic carbocycles. The first kappa shape index (κ1) is 30.5. The Balaban J connectivity index is 2.26. The summed E-state index contributed by atoms with van der Waals surface area (Å²) in [6, 6.07) is 6.20. The predicted octanol–water partition coefficient (Wildman–Crippen LogP) is 4.72. The number of benzene rings is 1. The van der Waals surface area contributed by atoms with Gasteiger partial charge in [0.05, 0.1) is 7.11 Å². The van der Waals surface area contributed by atoms with Gasteiger partial charge in [0.25, 0.3) is 5.91 Å². The molecule has 0 bridgehead atoms. The Morgan fingerprint density at radius 2 is 1.76 bits per heavy atom. The molecule has 0 saturated carbocycles. The van der Waals surface area contributed by atoms with Gasteiger partial charge in [0.1, 0.15) is 29.8 Å². The van der Waals surface area contributed by atoms with Gasteiger partial charge in [-0.2, -0.15) is 0 Å². The Hall–Kier alpha value is -3.69. The van der Waals surface area contributed by atoms with E-state index in [1.165, 1.54) is 38.4 Å². The van der Waals surface area contributed by atoms with Crippen LogP contribution in [0.25, 0.3) is 0 Å². The number of carbonyl (C=O) groups excluding carboxylic acids is 3. The van der Waals surface area contributed by atoms with Crippen molar-refractivity contribution in [3.05, 3.63) is 48.0 Å². The van der Waals surface area contributed by atoms with Crippen LogP contribution in [0.2, 0.25) is 0 Å². The number of hydrogen-bond donors (Lipinski definition) is 1. The second-order valence-corrected chi connectivity index (χ2v) is 9.24. The van der Waals surface area contributed by atoms with Gasteiger partial charge in [-0.05, 0) is 43.7 Å². The van der Waals surface area contributed by atoms with Gasteiger partial charge in [0, 0.05) is 25.3 Å². The molecular weight excluding hydrogens is 495 g/mol. The van der Waals surface area contributed by atoms with Crippen molar-refractivity contribution in [2.45, 2.75) is 72.6 Å². The van der Waals surface area contributed by atoms with E-state index in [0.29, 0.717) is 5.75 Å². The number of aromatic nitrogens is 1. The van der Waals surface area contributed by atoms with Crippen molar-refractivity contribution in [1.82, 2.24) is 10.3 Å². The molecule has 0 spiro atoms. The number of carbonyl (C=O) groups is 3. The molecule has 2 aromatic rings. The first-order valence-electron chi connectivity index (χ1n) is 12.7. The summed E-state index contributed by atoms with van der Waals surface area (Å²) >= 11 is 0. The van der Waals surface area contributed by atoms with Crippen LogP contribution in [0, 0.1) is 17.7 Å². The van der Waals surface area contributed by atoms with Crippen LogP contribution in [0.1, 0.15) is 64.9 Å². The summed E-state index contributed by atoms with van der Waals surface area (Å²) in [4.78, 5) is 42.0. The molecule has 0 fully saturated rings. The highest BCUT2D eigenvalue weighted by Gasteiger charge is 2.34. The molecule has 10 heteroatoms. The Morgan fingerprint density at radius 1 is 1.08 bits per heavy atom. The second-order valence-electron chi connectivity index (χ2n) is 9.24. The van der Waals surface area contributed by atoms with Gasteiger partial charge in [-0.15, -0.1) is 0 Å². The number of amides is 1. The van der Waals surface area contributed by atoms with Crippen molar-refractivity contribution < 1.29 is 37.7 Å². The molecule has 0 aliphatic rings. The third-order valence-corrected chi connectivity index (χ3v) is 6.10. The van der Waals surface area contributed by atoms with E-state index in [1.807, 2.05) is 13.8 Å². The average Bonchev–Trinajstić information content (AvgIpc) is 2.86. The molecule has 3 atom stereocenters. The van der Waals surface area contributed by atoms with E-state index in [4.69, 9.17) is 18.9 Å². The minimum atomic E-state index is -1.04. The number of rotatable bonds is 13. The minimum Gasteiger partial charge on any atom is -0.493 e. The summed E-state index contributed by atoms with van der Waals surface area (Å²) in [5.74, 6) is -2.51. The van der Waals surface area contributed by atoms with Crippen molar-refractivity contribution in [3.8, 4) is 17.2 Å². The molecule has 1 aromatic heterocycles. The van der Waals surface area contributed by atoms with Crippen molar-refractivity contribution in [2.24, 2.45) is 11.8 Å². The van der Waals surface area contributed by atoms with E-state index in [2.05, 4.69) is 10.3 Å². The van der Waals surface area contributed by atoms with E-state index in [-0.39, 0.29) is 29.0 Å². The van der Waals surface area contributed by atoms with Gasteiger partial charge in [-0.1, -0.05) is 33.8 Å². The normalized spacial score (nSPS) is 13.4. The highest BCUT2D eigenvalue weighted by atomic mass is 19.1. The average molecular weight is 533 g/mol. The molecule has 1 amide bonds. The molecule has 9 nitrogen and oxygen atoms in total. The molecule has 0 aliphatic heterocycles. The van der Waals surface area contributed by atoms with Crippen LogP contribution in [0.15, 0.2) is 36.5 Å². The first-order valence-corrected chi connectivity index (χ1v) is 12.7. The summed E-state index contributed by atoms with van der Waals surface area (Å²) in [6.07, 6.45) is 1.58. The molecule has 38 heavy (non-hydrogen) atoms. The zero-order valence-electron chi connectivity index (χ0n) is 22.9. The molecule has 1 aromatic carbocycles. The topological polar surface area (TPSA) is 113 Å². The van der Waals surface area contributed by atoms with E-state index < -0.39 is 41.9 Å². The van der Waals surface area contributed by atoms with Crippen LogP contribution in [-0.4, -0.2) is 48.2 Å². The minimum absolute atomic E-state index is 0.0282. The monoisotopic (exact) mass is 532 g/mol. The molecule has 0 unspecified atom stereocenters. The smallest absolute Gasteiger partial charge is 0.329 e. The fourth-order valence-corrected chi connectivity index (χ4v) is 4.05. The lowest BCUT2D eigenvalue weighted by Crippen LogP contribution is -2.48. The van der Waals surface area contributed by atoms with Gasteiger partial charge in [0.15, 0.2) is 11.4 Å². The lowest BCUT2D eigenvalue weighted by Gasteiger charge is -2.32. The van der Waals surface area contributed by atoms with E-state index in [9.17, 15) is 18.8 Å².